The van der Waals surface area contributed by atoms with E-state index in [9.17, 15) is 19.2 Å². The van der Waals surface area contributed by atoms with E-state index in [2.05, 4.69) is 16.0 Å². The lowest BCUT2D eigenvalue weighted by molar-refractivity contribution is -0.139. The van der Waals surface area contributed by atoms with E-state index < -0.39 is 23.9 Å². The first-order chi connectivity index (χ1) is 15.6. The molecule has 10 heteroatoms. The summed E-state index contributed by atoms with van der Waals surface area (Å²) in [5, 5.41) is 8.73. The average Bonchev–Trinajstić information content (AvgIpc) is 2.79. The molecule has 1 aliphatic rings. The third-order valence-electron chi connectivity index (χ3n) is 5.41. The molecule has 0 aromatic heterocycles. The smallest absolute Gasteiger partial charge is 0.246 e. The van der Waals surface area contributed by atoms with Gasteiger partial charge in [-0.05, 0) is 44.0 Å². The number of hydrogen-bond acceptors (Lipinski definition) is 5. The summed E-state index contributed by atoms with van der Waals surface area (Å²) >= 11 is 5.89. The molecule has 2 rings (SSSR count). The van der Waals surface area contributed by atoms with Gasteiger partial charge in [-0.1, -0.05) is 37.6 Å². The van der Waals surface area contributed by atoms with Crippen LogP contribution in [0.25, 0.3) is 0 Å². The zero-order valence-electron chi connectivity index (χ0n) is 19.4. The summed E-state index contributed by atoms with van der Waals surface area (Å²) in [6, 6.07) is 6.19. The molecular formula is C23H32ClN5O4. The predicted octanol–water partition coefficient (Wildman–Crippen LogP) is 0.889. The van der Waals surface area contributed by atoms with Gasteiger partial charge in [0.15, 0.2) is 0 Å². The Morgan fingerprint density at radius 3 is 2.30 bits per heavy atom. The molecule has 0 radical (unpaired) electrons. The second kappa shape index (κ2) is 12.4. The number of benzene rings is 1. The Hall–Kier alpha value is -2.91. The normalized spacial score (nSPS) is 15.4. The molecule has 2 atom stereocenters. The zero-order valence-corrected chi connectivity index (χ0v) is 20.2. The number of rotatable bonds is 10. The fourth-order valence-electron chi connectivity index (χ4n) is 3.12. The highest BCUT2D eigenvalue weighted by atomic mass is 35.5. The third kappa shape index (κ3) is 7.87. The number of carbonyl (C=O) groups excluding carboxylic acids is 4. The van der Waals surface area contributed by atoms with Crippen molar-refractivity contribution >= 4 is 35.2 Å². The van der Waals surface area contributed by atoms with Gasteiger partial charge >= 0.3 is 0 Å². The van der Waals surface area contributed by atoms with Gasteiger partial charge in [-0.25, -0.2) is 0 Å². The molecule has 0 spiro atoms. The van der Waals surface area contributed by atoms with Crippen molar-refractivity contribution in [3.63, 3.8) is 0 Å². The van der Waals surface area contributed by atoms with Gasteiger partial charge in [-0.2, -0.15) is 0 Å². The van der Waals surface area contributed by atoms with Crippen molar-refractivity contribution < 1.29 is 19.2 Å². The highest BCUT2D eigenvalue weighted by Gasteiger charge is 2.28. The van der Waals surface area contributed by atoms with E-state index >= 15 is 0 Å². The summed E-state index contributed by atoms with van der Waals surface area (Å²) in [7, 11) is 1.65. The molecule has 1 heterocycles. The Morgan fingerprint density at radius 2 is 1.73 bits per heavy atom. The summed E-state index contributed by atoms with van der Waals surface area (Å²) in [5.74, 6) is -1.55. The SMILES string of the molecule is CN[C@@H](C)C(=O)N[C@H](C(=O)NCC(=O)N1C=CN(CCc2ccc(Cl)cc2)C(=O)C1)C(C)C. The second-order valence-corrected chi connectivity index (χ2v) is 8.68. The molecule has 0 saturated heterocycles. The monoisotopic (exact) mass is 477 g/mol. The van der Waals surface area contributed by atoms with Crippen LogP contribution in [0.3, 0.4) is 0 Å². The summed E-state index contributed by atoms with van der Waals surface area (Å²) in [6.07, 6.45) is 3.76. The van der Waals surface area contributed by atoms with E-state index in [0.717, 1.165) is 5.56 Å². The number of nitrogens with one attached hydrogen (secondary N) is 3. The summed E-state index contributed by atoms with van der Waals surface area (Å²) < 4.78 is 0. The quantitative estimate of drug-likeness (QED) is 0.463. The van der Waals surface area contributed by atoms with Crippen molar-refractivity contribution in [1.82, 2.24) is 25.8 Å². The van der Waals surface area contributed by atoms with E-state index in [-0.39, 0.29) is 30.8 Å². The molecular weight excluding hydrogens is 446 g/mol. The summed E-state index contributed by atoms with van der Waals surface area (Å²) in [4.78, 5) is 52.5. The van der Waals surface area contributed by atoms with E-state index in [0.29, 0.717) is 18.0 Å². The van der Waals surface area contributed by atoms with Crippen molar-refractivity contribution in [2.75, 3.05) is 26.7 Å². The minimum atomic E-state index is -0.775. The first kappa shape index (κ1) is 26.3. The van der Waals surface area contributed by atoms with Crippen molar-refractivity contribution in [2.24, 2.45) is 5.92 Å². The first-order valence-corrected chi connectivity index (χ1v) is 11.3. The Balaban J connectivity index is 1.86. The number of hydrogen-bond donors (Lipinski definition) is 3. The Morgan fingerprint density at radius 1 is 1.06 bits per heavy atom. The van der Waals surface area contributed by atoms with Crippen molar-refractivity contribution in [1.29, 1.82) is 0 Å². The van der Waals surface area contributed by atoms with Crippen molar-refractivity contribution in [2.45, 2.75) is 39.3 Å². The standard InChI is InChI=1S/C23H32ClN5O4/c1-15(2)21(27-22(32)16(3)25-4)23(33)26-13-19(30)29-12-11-28(20(31)14-29)10-9-17-5-7-18(24)8-6-17/h5-8,11-12,15-16,21,25H,9-10,13-14H2,1-4H3,(H,26,33)(H,27,32)/t16-,21-/m0/s1. The number of halogens is 1. The van der Waals surface area contributed by atoms with Gasteiger partial charge in [0.05, 0.1) is 12.6 Å². The molecule has 0 bridgehead atoms. The molecule has 0 saturated carbocycles. The van der Waals surface area contributed by atoms with Gasteiger partial charge in [-0.3, -0.25) is 19.2 Å². The minimum Gasteiger partial charge on any atom is -0.345 e. The lowest BCUT2D eigenvalue weighted by atomic mass is 10.0. The lowest BCUT2D eigenvalue weighted by Crippen LogP contribution is -2.55. The van der Waals surface area contributed by atoms with Gasteiger partial charge in [0, 0.05) is 24.0 Å². The van der Waals surface area contributed by atoms with Crippen LogP contribution >= 0.6 is 11.6 Å². The molecule has 0 unspecified atom stereocenters. The van der Waals surface area contributed by atoms with Gasteiger partial charge in [0.1, 0.15) is 12.6 Å². The van der Waals surface area contributed by atoms with Crippen LogP contribution in [0.15, 0.2) is 36.7 Å². The topological polar surface area (TPSA) is 111 Å². The molecule has 3 N–H and O–H groups in total. The van der Waals surface area contributed by atoms with Crippen molar-refractivity contribution in [3.8, 4) is 0 Å². The molecule has 0 aliphatic carbocycles. The zero-order chi connectivity index (χ0) is 24.5. The summed E-state index contributed by atoms with van der Waals surface area (Å²) in [5.41, 5.74) is 1.05. The molecule has 0 fully saturated rings. The summed E-state index contributed by atoms with van der Waals surface area (Å²) in [6.45, 7) is 5.41. The van der Waals surface area contributed by atoms with E-state index in [1.807, 2.05) is 12.1 Å². The van der Waals surface area contributed by atoms with E-state index in [4.69, 9.17) is 11.6 Å². The maximum absolute atomic E-state index is 12.6. The average molecular weight is 478 g/mol. The fraction of sp³-hybridized carbons (Fsp3) is 0.478. The number of amides is 4. The Bertz CT molecular complexity index is 887. The molecule has 1 aliphatic heterocycles. The highest BCUT2D eigenvalue weighted by Crippen LogP contribution is 2.12. The van der Waals surface area contributed by atoms with Crippen molar-refractivity contribution in [3.05, 3.63) is 47.3 Å². The highest BCUT2D eigenvalue weighted by molar-refractivity contribution is 6.30. The maximum Gasteiger partial charge on any atom is 0.246 e. The molecule has 1 aromatic rings. The second-order valence-electron chi connectivity index (χ2n) is 8.24. The first-order valence-electron chi connectivity index (χ1n) is 10.9. The van der Waals surface area contributed by atoms with Crippen LogP contribution in [-0.4, -0.2) is 72.2 Å². The van der Waals surface area contributed by atoms with Crippen LogP contribution in [0.2, 0.25) is 5.02 Å². The largest absolute Gasteiger partial charge is 0.345 e. The van der Waals surface area contributed by atoms with Gasteiger partial charge in [0.25, 0.3) is 0 Å². The van der Waals surface area contributed by atoms with Crippen LogP contribution in [-0.2, 0) is 25.6 Å². The van der Waals surface area contributed by atoms with Crippen LogP contribution in [0.4, 0.5) is 0 Å². The minimum absolute atomic E-state index is 0.101. The Kier molecular flexibility index (Phi) is 9.87. The predicted molar refractivity (Wildman–Crippen MR) is 126 cm³/mol. The van der Waals surface area contributed by atoms with Gasteiger partial charge < -0.3 is 25.8 Å². The maximum atomic E-state index is 12.6. The Labute approximate surface area is 199 Å². The number of likely N-dealkylation sites (N-methyl/N-ethyl adjacent to an activating group) is 1. The van der Waals surface area contributed by atoms with Gasteiger partial charge in [-0.15, -0.1) is 0 Å². The van der Waals surface area contributed by atoms with Crippen LogP contribution in [0.5, 0.6) is 0 Å². The third-order valence-corrected chi connectivity index (χ3v) is 5.67. The number of nitrogens with zero attached hydrogens (tertiary/aromatic N) is 2. The van der Waals surface area contributed by atoms with Crippen LogP contribution < -0.4 is 16.0 Å². The molecule has 9 nitrogen and oxygen atoms in total. The number of carbonyl (C=O) groups is 4. The van der Waals surface area contributed by atoms with Gasteiger partial charge in [0.2, 0.25) is 23.6 Å². The van der Waals surface area contributed by atoms with Crippen LogP contribution in [0.1, 0.15) is 26.3 Å². The molecule has 1 aromatic carbocycles. The molecule has 180 valence electrons. The lowest BCUT2D eigenvalue weighted by Gasteiger charge is -2.29. The fourth-order valence-corrected chi connectivity index (χ4v) is 3.25. The molecule has 4 amide bonds. The van der Waals surface area contributed by atoms with Crippen LogP contribution in [0, 0.1) is 5.92 Å². The van der Waals surface area contributed by atoms with E-state index in [1.165, 1.54) is 11.1 Å². The molecule has 33 heavy (non-hydrogen) atoms. The van der Waals surface area contributed by atoms with E-state index in [1.54, 1.807) is 51.1 Å².